The van der Waals surface area contributed by atoms with Gasteiger partial charge in [0.25, 0.3) is 5.91 Å². The van der Waals surface area contributed by atoms with E-state index in [9.17, 15) is 4.79 Å². The molecule has 90 valence electrons. The third-order valence-corrected chi connectivity index (χ3v) is 2.53. The highest BCUT2D eigenvalue weighted by Gasteiger charge is 2.09. The van der Waals surface area contributed by atoms with Crippen molar-refractivity contribution in [1.82, 2.24) is 20.5 Å². The van der Waals surface area contributed by atoms with Crippen LogP contribution in [0.2, 0.25) is 0 Å². The summed E-state index contributed by atoms with van der Waals surface area (Å²) in [5.74, 6) is 0.460. The zero-order valence-corrected chi connectivity index (χ0v) is 9.38. The van der Waals surface area contributed by atoms with Crippen LogP contribution >= 0.6 is 0 Å². The summed E-state index contributed by atoms with van der Waals surface area (Å²) in [6.45, 7) is 0.344. The van der Waals surface area contributed by atoms with Crippen molar-refractivity contribution >= 4 is 16.9 Å². The number of aromatic nitrogens is 3. The van der Waals surface area contributed by atoms with Gasteiger partial charge < -0.3 is 9.73 Å². The second-order valence-corrected chi connectivity index (χ2v) is 3.76. The quantitative estimate of drug-likeness (QED) is 0.728. The average Bonchev–Trinajstić information content (AvgIpc) is 3.05. The smallest absolute Gasteiger partial charge is 0.270 e. The standard InChI is InChI=1S/C12H10N4O2/c17-12(13-6-8-2-1-5-18-8)10-4-3-9-11(15-10)7-14-16-9/h1-5,7H,6H2,(H,13,17)(H,14,16). The Bertz CT molecular complexity index is 672. The predicted octanol–water partition coefficient (Wildman–Crippen LogP) is 1.48. The summed E-state index contributed by atoms with van der Waals surface area (Å²) in [5.41, 5.74) is 1.83. The Balaban J connectivity index is 1.75. The molecule has 0 saturated carbocycles. The maximum absolute atomic E-state index is 11.9. The molecule has 1 amide bonds. The first-order valence-electron chi connectivity index (χ1n) is 5.43. The number of furan rings is 1. The van der Waals surface area contributed by atoms with Crippen molar-refractivity contribution < 1.29 is 9.21 Å². The van der Waals surface area contributed by atoms with Crippen molar-refractivity contribution in [2.75, 3.05) is 0 Å². The van der Waals surface area contributed by atoms with Crippen LogP contribution in [-0.4, -0.2) is 21.1 Å². The molecule has 0 aliphatic heterocycles. The van der Waals surface area contributed by atoms with Gasteiger partial charge in [-0.1, -0.05) is 0 Å². The molecule has 3 aromatic rings. The van der Waals surface area contributed by atoms with Gasteiger partial charge in [0.2, 0.25) is 0 Å². The number of H-pyrrole nitrogens is 1. The van der Waals surface area contributed by atoms with Gasteiger partial charge in [0.1, 0.15) is 17.0 Å². The number of hydrogen-bond acceptors (Lipinski definition) is 4. The van der Waals surface area contributed by atoms with Crippen molar-refractivity contribution in [1.29, 1.82) is 0 Å². The Labute approximate surface area is 102 Å². The molecule has 18 heavy (non-hydrogen) atoms. The number of nitrogens with zero attached hydrogens (tertiary/aromatic N) is 2. The van der Waals surface area contributed by atoms with E-state index >= 15 is 0 Å². The summed E-state index contributed by atoms with van der Waals surface area (Å²) in [6, 6.07) is 7.00. The molecule has 3 aromatic heterocycles. The minimum Gasteiger partial charge on any atom is -0.467 e. The van der Waals surface area contributed by atoms with Crippen LogP contribution in [0.4, 0.5) is 0 Å². The molecule has 0 spiro atoms. The topological polar surface area (TPSA) is 83.8 Å². The monoisotopic (exact) mass is 242 g/mol. The van der Waals surface area contributed by atoms with Gasteiger partial charge >= 0.3 is 0 Å². The number of fused-ring (bicyclic) bond motifs is 1. The number of carbonyl (C=O) groups is 1. The van der Waals surface area contributed by atoms with Crippen molar-refractivity contribution in [2.24, 2.45) is 0 Å². The number of rotatable bonds is 3. The Morgan fingerprint density at radius 1 is 1.39 bits per heavy atom. The van der Waals surface area contributed by atoms with Gasteiger partial charge in [-0.15, -0.1) is 0 Å². The maximum Gasteiger partial charge on any atom is 0.270 e. The summed E-state index contributed by atoms with van der Waals surface area (Å²) in [4.78, 5) is 16.1. The van der Waals surface area contributed by atoms with E-state index in [-0.39, 0.29) is 5.91 Å². The average molecular weight is 242 g/mol. The molecule has 0 saturated heterocycles. The Morgan fingerprint density at radius 2 is 2.33 bits per heavy atom. The Hall–Kier alpha value is -2.63. The predicted molar refractivity (Wildman–Crippen MR) is 63.8 cm³/mol. The SMILES string of the molecule is O=C(NCc1ccco1)c1ccc2[nH]ncc2n1. The van der Waals surface area contributed by atoms with Crippen molar-refractivity contribution in [3.05, 3.63) is 48.2 Å². The lowest BCUT2D eigenvalue weighted by atomic mass is 10.3. The van der Waals surface area contributed by atoms with Gasteiger partial charge in [0.05, 0.1) is 24.5 Å². The molecule has 3 rings (SSSR count). The summed E-state index contributed by atoms with van der Waals surface area (Å²) >= 11 is 0. The molecular weight excluding hydrogens is 232 g/mol. The maximum atomic E-state index is 11.9. The van der Waals surface area contributed by atoms with Crippen LogP contribution in [0.25, 0.3) is 11.0 Å². The lowest BCUT2D eigenvalue weighted by molar-refractivity contribution is 0.0943. The first kappa shape index (κ1) is 10.5. The molecule has 0 fully saturated rings. The fraction of sp³-hybridized carbons (Fsp3) is 0.0833. The first-order chi connectivity index (χ1) is 8.83. The summed E-state index contributed by atoms with van der Waals surface area (Å²) in [5, 5.41) is 9.37. The van der Waals surface area contributed by atoms with Gasteiger partial charge in [-0.25, -0.2) is 4.98 Å². The minimum atomic E-state index is -0.241. The lowest BCUT2D eigenvalue weighted by Gasteiger charge is -2.02. The van der Waals surface area contributed by atoms with E-state index in [4.69, 9.17) is 4.42 Å². The summed E-state index contributed by atoms with van der Waals surface area (Å²) in [6.07, 6.45) is 3.15. The van der Waals surface area contributed by atoms with Crippen molar-refractivity contribution in [2.45, 2.75) is 6.54 Å². The normalized spacial score (nSPS) is 10.7. The largest absolute Gasteiger partial charge is 0.467 e. The molecule has 0 aliphatic carbocycles. The van der Waals surface area contributed by atoms with Crippen molar-refractivity contribution in [3.8, 4) is 0 Å². The van der Waals surface area contributed by atoms with E-state index in [1.807, 2.05) is 0 Å². The molecule has 0 unspecified atom stereocenters. The number of amides is 1. The molecular formula is C12H10N4O2. The first-order valence-corrected chi connectivity index (χ1v) is 5.43. The fourth-order valence-corrected chi connectivity index (χ4v) is 1.63. The molecule has 0 aromatic carbocycles. The third kappa shape index (κ3) is 1.95. The van der Waals surface area contributed by atoms with E-state index in [0.717, 1.165) is 5.52 Å². The Morgan fingerprint density at radius 3 is 3.17 bits per heavy atom. The zero-order valence-electron chi connectivity index (χ0n) is 9.38. The van der Waals surface area contributed by atoms with E-state index in [1.54, 1.807) is 36.7 Å². The number of carbonyl (C=O) groups excluding carboxylic acids is 1. The number of hydrogen-bond donors (Lipinski definition) is 2. The van der Waals surface area contributed by atoms with E-state index in [1.165, 1.54) is 0 Å². The number of pyridine rings is 1. The molecule has 6 heteroatoms. The second-order valence-electron chi connectivity index (χ2n) is 3.76. The molecule has 0 atom stereocenters. The lowest BCUT2D eigenvalue weighted by Crippen LogP contribution is -2.23. The Kier molecular flexibility index (Phi) is 2.53. The van der Waals surface area contributed by atoms with E-state index < -0.39 is 0 Å². The van der Waals surface area contributed by atoms with Crippen molar-refractivity contribution in [3.63, 3.8) is 0 Å². The van der Waals surface area contributed by atoms with Crippen LogP contribution < -0.4 is 5.32 Å². The molecule has 2 N–H and O–H groups in total. The fourth-order valence-electron chi connectivity index (χ4n) is 1.63. The molecule has 3 heterocycles. The highest BCUT2D eigenvalue weighted by Crippen LogP contribution is 2.08. The number of aromatic amines is 1. The molecule has 6 nitrogen and oxygen atoms in total. The van der Waals surface area contributed by atoms with Crippen LogP contribution in [0.1, 0.15) is 16.2 Å². The molecule has 0 bridgehead atoms. The van der Waals surface area contributed by atoms with Gasteiger partial charge in [0, 0.05) is 0 Å². The highest BCUT2D eigenvalue weighted by atomic mass is 16.3. The molecule has 0 aliphatic rings. The zero-order chi connectivity index (χ0) is 12.4. The highest BCUT2D eigenvalue weighted by molar-refractivity contribution is 5.94. The van der Waals surface area contributed by atoms with Crippen LogP contribution in [0.5, 0.6) is 0 Å². The minimum absolute atomic E-state index is 0.241. The number of nitrogens with one attached hydrogen (secondary N) is 2. The molecule has 0 radical (unpaired) electrons. The van der Waals surface area contributed by atoms with Gasteiger partial charge in [-0.05, 0) is 24.3 Å². The van der Waals surface area contributed by atoms with Crippen LogP contribution in [0.3, 0.4) is 0 Å². The van der Waals surface area contributed by atoms with Gasteiger partial charge in [-0.2, -0.15) is 5.10 Å². The third-order valence-electron chi connectivity index (χ3n) is 2.53. The van der Waals surface area contributed by atoms with Crippen LogP contribution in [0, 0.1) is 0 Å². The van der Waals surface area contributed by atoms with E-state index in [2.05, 4.69) is 20.5 Å². The second kappa shape index (κ2) is 4.33. The van der Waals surface area contributed by atoms with E-state index in [0.29, 0.717) is 23.5 Å². The van der Waals surface area contributed by atoms with Crippen LogP contribution in [0.15, 0.2) is 41.1 Å². The van der Waals surface area contributed by atoms with Gasteiger partial charge in [-0.3, -0.25) is 9.89 Å². The summed E-state index contributed by atoms with van der Waals surface area (Å²) < 4.78 is 5.13. The van der Waals surface area contributed by atoms with Gasteiger partial charge in [0.15, 0.2) is 0 Å². The summed E-state index contributed by atoms with van der Waals surface area (Å²) in [7, 11) is 0. The van der Waals surface area contributed by atoms with Crippen LogP contribution in [-0.2, 0) is 6.54 Å².